The molecule has 0 saturated carbocycles. The second-order valence-corrected chi connectivity index (χ2v) is 9.95. The highest BCUT2D eigenvalue weighted by atomic mass is 16.5. The fourth-order valence-electron chi connectivity index (χ4n) is 6.04. The van der Waals surface area contributed by atoms with Crippen molar-refractivity contribution in [2.24, 2.45) is 0 Å². The van der Waals surface area contributed by atoms with Gasteiger partial charge in [0, 0.05) is 29.7 Å². The number of aromatic hydroxyl groups is 1. The van der Waals surface area contributed by atoms with Gasteiger partial charge in [0.05, 0.1) is 31.7 Å². The maximum atomic E-state index is 13.8. The van der Waals surface area contributed by atoms with Gasteiger partial charge in [0.15, 0.2) is 11.5 Å². The third-order valence-electron chi connectivity index (χ3n) is 7.87. The molecule has 9 heteroatoms. The molecule has 0 aliphatic carbocycles. The fraction of sp³-hybridized carbons (Fsp3) is 0.194. The number of para-hydroxylation sites is 1. The third kappa shape index (κ3) is 3.37. The van der Waals surface area contributed by atoms with E-state index in [0.29, 0.717) is 34.7 Å². The lowest BCUT2D eigenvalue weighted by Gasteiger charge is -2.26. The van der Waals surface area contributed by atoms with E-state index in [2.05, 4.69) is 0 Å². The Kier molecular flexibility index (Phi) is 5.25. The first-order chi connectivity index (χ1) is 19.4. The minimum atomic E-state index is -0.737. The van der Waals surface area contributed by atoms with Crippen molar-refractivity contribution in [1.82, 2.24) is 4.57 Å². The van der Waals surface area contributed by atoms with E-state index in [-0.39, 0.29) is 34.3 Å². The molecule has 1 N–H and O–H groups in total. The number of hydrogen-bond acceptors (Lipinski definition) is 8. The SMILES string of the molecule is COc1ccc(-c2coc3c4c(cc(O)c3c2=O)OC(=O)CC4c2cc3cccc4c3n(c2=O)CC4)cc1OC. The van der Waals surface area contributed by atoms with Crippen molar-refractivity contribution in [2.45, 2.75) is 25.3 Å². The molecular formula is C31H23NO8. The normalized spacial score (nSPS) is 15.8. The molecule has 2 aliphatic rings. The van der Waals surface area contributed by atoms with E-state index in [9.17, 15) is 19.5 Å². The lowest BCUT2D eigenvalue weighted by Crippen LogP contribution is -2.29. The van der Waals surface area contributed by atoms with Crippen LogP contribution in [0.2, 0.25) is 0 Å². The van der Waals surface area contributed by atoms with Gasteiger partial charge in [0.2, 0.25) is 5.43 Å². The van der Waals surface area contributed by atoms with E-state index in [0.717, 1.165) is 22.9 Å². The quantitative estimate of drug-likeness (QED) is 0.263. The van der Waals surface area contributed by atoms with Gasteiger partial charge in [-0.1, -0.05) is 24.3 Å². The first-order valence-electron chi connectivity index (χ1n) is 12.8. The number of fused-ring (bicyclic) bond motifs is 3. The van der Waals surface area contributed by atoms with Gasteiger partial charge >= 0.3 is 5.97 Å². The van der Waals surface area contributed by atoms with Crippen LogP contribution >= 0.6 is 0 Å². The number of carbonyl (C=O) groups excluding carboxylic acids is 1. The molecule has 1 unspecified atom stereocenters. The van der Waals surface area contributed by atoms with E-state index in [1.165, 1.54) is 26.5 Å². The number of ether oxygens (including phenoxy) is 3. The molecule has 0 amide bonds. The maximum absolute atomic E-state index is 13.8. The number of hydrogen-bond donors (Lipinski definition) is 1. The Morgan fingerprint density at radius 3 is 2.62 bits per heavy atom. The Hall–Kier alpha value is -5.05. The number of aromatic nitrogens is 1. The van der Waals surface area contributed by atoms with Gasteiger partial charge in [-0.3, -0.25) is 14.4 Å². The van der Waals surface area contributed by atoms with Gasteiger partial charge in [-0.15, -0.1) is 0 Å². The molecule has 7 rings (SSSR count). The minimum Gasteiger partial charge on any atom is -0.507 e. The molecule has 2 aliphatic heterocycles. The van der Waals surface area contributed by atoms with E-state index in [4.69, 9.17) is 18.6 Å². The van der Waals surface area contributed by atoms with Gasteiger partial charge < -0.3 is 28.3 Å². The summed E-state index contributed by atoms with van der Waals surface area (Å²) in [6.45, 7) is 0.548. The summed E-state index contributed by atoms with van der Waals surface area (Å²) in [6, 6.07) is 14.0. The summed E-state index contributed by atoms with van der Waals surface area (Å²) in [6.07, 6.45) is 1.94. The van der Waals surface area contributed by atoms with Gasteiger partial charge in [0.25, 0.3) is 5.56 Å². The molecule has 40 heavy (non-hydrogen) atoms. The van der Waals surface area contributed by atoms with Crippen molar-refractivity contribution in [3.8, 4) is 34.1 Å². The first-order valence-corrected chi connectivity index (χ1v) is 12.8. The van der Waals surface area contributed by atoms with Crippen LogP contribution in [0.25, 0.3) is 33.0 Å². The summed E-state index contributed by atoms with van der Waals surface area (Å²) < 4.78 is 23.9. The van der Waals surface area contributed by atoms with Crippen LogP contribution in [0.3, 0.4) is 0 Å². The molecule has 2 aromatic heterocycles. The standard InChI is InChI=1S/C31H23NO8/c1-37-22-7-6-16(11-23(22)38-2)20-14-39-30-26-18(12-25(34)40-24(26)13-21(33)27(30)29(20)35)19-10-17-5-3-4-15-8-9-32(28(15)17)31(19)36/h3-7,10-11,13-14,18,33H,8-9,12H2,1-2H3. The zero-order valence-corrected chi connectivity index (χ0v) is 21.6. The Bertz CT molecular complexity index is 2020. The van der Waals surface area contributed by atoms with Crippen molar-refractivity contribution in [3.05, 3.63) is 92.1 Å². The summed E-state index contributed by atoms with van der Waals surface area (Å²) in [5.74, 6) is -0.696. The summed E-state index contributed by atoms with van der Waals surface area (Å²) >= 11 is 0. The number of phenolic OH excluding ortho intramolecular Hbond substituents is 1. The summed E-state index contributed by atoms with van der Waals surface area (Å²) in [5.41, 5.74) is 2.86. The highest BCUT2D eigenvalue weighted by Crippen LogP contribution is 2.45. The third-order valence-corrected chi connectivity index (χ3v) is 7.87. The molecule has 4 heterocycles. The van der Waals surface area contributed by atoms with Crippen molar-refractivity contribution in [3.63, 3.8) is 0 Å². The Balaban J connectivity index is 1.47. The van der Waals surface area contributed by atoms with E-state index >= 15 is 0 Å². The number of phenols is 1. The summed E-state index contributed by atoms with van der Waals surface area (Å²) in [4.78, 5) is 40.2. The largest absolute Gasteiger partial charge is 0.507 e. The number of rotatable bonds is 4. The van der Waals surface area contributed by atoms with Crippen molar-refractivity contribution >= 4 is 27.8 Å². The zero-order valence-electron chi connectivity index (χ0n) is 21.6. The minimum absolute atomic E-state index is 0.0583. The number of pyridine rings is 1. The van der Waals surface area contributed by atoms with Crippen molar-refractivity contribution in [1.29, 1.82) is 0 Å². The average Bonchev–Trinajstić information content (AvgIpc) is 3.40. The van der Waals surface area contributed by atoms with Crippen LogP contribution in [0.4, 0.5) is 0 Å². The molecule has 200 valence electrons. The number of nitrogens with zero attached hydrogens (tertiary/aromatic N) is 1. The van der Waals surface area contributed by atoms with Crippen LogP contribution in [-0.2, 0) is 17.8 Å². The molecule has 3 aromatic carbocycles. The smallest absolute Gasteiger partial charge is 0.312 e. The van der Waals surface area contributed by atoms with Crippen molar-refractivity contribution < 1.29 is 28.5 Å². The van der Waals surface area contributed by atoms with Crippen LogP contribution in [-0.4, -0.2) is 29.9 Å². The first kappa shape index (κ1) is 24.0. The van der Waals surface area contributed by atoms with E-state index < -0.39 is 23.1 Å². The molecule has 0 fully saturated rings. The van der Waals surface area contributed by atoms with Crippen LogP contribution in [0.15, 0.2) is 68.8 Å². The average molecular weight is 538 g/mol. The molecular weight excluding hydrogens is 514 g/mol. The molecule has 9 nitrogen and oxygen atoms in total. The monoisotopic (exact) mass is 537 g/mol. The van der Waals surface area contributed by atoms with Crippen LogP contribution in [0.5, 0.6) is 23.0 Å². The molecule has 1 atom stereocenters. The molecule has 0 radical (unpaired) electrons. The zero-order chi connectivity index (χ0) is 27.7. The van der Waals surface area contributed by atoms with Gasteiger partial charge in [-0.25, -0.2) is 0 Å². The Labute approximate surface area is 226 Å². The summed E-state index contributed by atoms with van der Waals surface area (Å²) in [5, 5.41) is 11.8. The molecule has 0 saturated heterocycles. The topological polar surface area (TPSA) is 117 Å². The molecule has 5 aromatic rings. The lowest BCUT2D eigenvalue weighted by atomic mass is 9.85. The lowest BCUT2D eigenvalue weighted by molar-refractivity contribution is -0.135. The van der Waals surface area contributed by atoms with Crippen LogP contribution in [0.1, 0.15) is 29.0 Å². The van der Waals surface area contributed by atoms with E-state index in [1.807, 2.05) is 24.3 Å². The number of aryl methyl sites for hydroxylation is 2. The van der Waals surface area contributed by atoms with Gasteiger partial charge in [0.1, 0.15) is 28.7 Å². The fourth-order valence-corrected chi connectivity index (χ4v) is 6.04. The number of carbonyl (C=O) groups is 1. The van der Waals surface area contributed by atoms with Gasteiger partial charge in [-0.2, -0.15) is 0 Å². The number of methoxy groups -OCH3 is 2. The second-order valence-electron chi connectivity index (χ2n) is 9.95. The Morgan fingerprint density at radius 2 is 1.82 bits per heavy atom. The highest BCUT2D eigenvalue weighted by Gasteiger charge is 2.36. The maximum Gasteiger partial charge on any atom is 0.312 e. The number of benzene rings is 3. The van der Waals surface area contributed by atoms with E-state index in [1.54, 1.807) is 22.8 Å². The summed E-state index contributed by atoms with van der Waals surface area (Å²) in [7, 11) is 3.01. The Morgan fingerprint density at radius 1 is 1.00 bits per heavy atom. The molecule has 0 spiro atoms. The van der Waals surface area contributed by atoms with Crippen molar-refractivity contribution in [2.75, 3.05) is 14.2 Å². The van der Waals surface area contributed by atoms with Crippen LogP contribution < -0.4 is 25.2 Å². The highest BCUT2D eigenvalue weighted by molar-refractivity contribution is 5.94. The second kappa shape index (κ2) is 8.74. The predicted octanol–water partition coefficient (Wildman–Crippen LogP) is 4.49. The molecule has 0 bridgehead atoms. The van der Waals surface area contributed by atoms with Crippen LogP contribution in [0, 0.1) is 0 Å². The predicted molar refractivity (Wildman–Crippen MR) is 147 cm³/mol. The number of esters is 1. The van der Waals surface area contributed by atoms with Gasteiger partial charge in [-0.05, 0) is 41.1 Å².